The Kier molecular flexibility index (Phi) is 4.21. The fourth-order valence-electron chi connectivity index (χ4n) is 3.32. The van der Waals surface area contributed by atoms with Gasteiger partial charge in [-0.3, -0.25) is 0 Å². The maximum atomic E-state index is 6.42. The van der Waals surface area contributed by atoms with Crippen molar-refractivity contribution in [3.63, 3.8) is 0 Å². The van der Waals surface area contributed by atoms with Gasteiger partial charge in [0.15, 0.2) is 17.3 Å². The highest BCUT2D eigenvalue weighted by molar-refractivity contribution is 6.33. The normalized spacial score (nSPS) is 18.3. The van der Waals surface area contributed by atoms with Gasteiger partial charge in [0.25, 0.3) is 5.89 Å². The van der Waals surface area contributed by atoms with Crippen molar-refractivity contribution in [1.82, 2.24) is 19.7 Å². The summed E-state index contributed by atoms with van der Waals surface area (Å²) in [4.78, 5) is 8.91. The largest absolute Gasteiger partial charge is 0.454 e. The molecule has 2 aliphatic rings. The predicted octanol–water partition coefficient (Wildman–Crippen LogP) is 3.41. The number of nitrogens with zero attached hydrogens (tertiary/aromatic N) is 4. The Morgan fingerprint density at radius 1 is 1.22 bits per heavy atom. The Morgan fingerprint density at radius 3 is 2.96 bits per heavy atom. The lowest BCUT2D eigenvalue weighted by Gasteiger charge is -2.09. The summed E-state index contributed by atoms with van der Waals surface area (Å²) in [5.74, 6) is 3.28. The van der Waals surface area contributed by atoms with Crippen LogP contribution in [0.15, 0.2) is 29.0 Å². The van der Waals surface area contributed by atoms with E-state index >= 15 is 0 Å². The monoisotopic (exact) mass is 388 g/mol. The quantitative estimate of drug-likeness (QED) is 0.662. The number of benzene rings is 1. The molecule has 27 heavy (non-hydrogen) atoms. The zero-order chi connectivity index (χ0) is 18.2. The minimum absolute atomic E-state index is 0.0671. The van der Waals surface area contributed by atoms with Crippen LogP contribution in [0.5, 0.6) is 11.5 Å². The molecular weight excluding hydrogens is 372 g/mol. The fraction of sp³-hybridized carbons (Fsp3) is 0.389. The van der Waals surface area contributed by atoms with Crippen LogP contribution in [0.25, 0.3) is 11.4 Å². The van der Waals surface area contributed by atoms with E-state index in [1.807, 2.05) is 16.8 Å². The molecule has 2 aromatic heterocycles. The Balaban J connectivity index is 1.34. The number of ether oxygens (including phenoxy) is 3. The highest BCUT2D eigenvalue weighted by Gasteiger charge is 2.24. The average molecular weight is 389 g/mol. The summed E-state index contributed by atoms with van der Waals surface area (Å²) in [5, 5.41) is 4.63. The molecule has 8 nitrogen and oxygen atoms in total. The molecule has 9 heteroatoms. The molecule has 1 aromatic carbocycles. The molecule has 1 atom stereocenters. The second kappa shape index (κ2) is 6.86. The zero-order valence-electron chi connectivity index (χ0n) is 14.4. The van der Waals surface area contributed by atoms with E-state index in [2.05, 4.69) is 15.1 Å². The van der Waals surface area contributed by atoms with Crippen molar-refractivity contribution in [3.8, 4) is 22.9 Å². The molecule has 1 unspecified atom stereocenters. The molecule has 0 N–H and O–H groups in total. The lowest BCUT2D eigenvalue weighted by molar-refractivity contribution is 0.0835. The van der Waals surface area contributed by atoms with Gasteiger partial charge >= 0.3 is 0 Å². The van der Waals surface area contributed by atoms with Gasteiger partial charge < -0.3 is 23.3 Å². The minimum Gasteiger partial charge on any atom is -0.454 e. The van der Waals surface area contributed by atoms with Crippen LogP contribution < -0.4 is 9.47 Å². The summed E-state index contributed by atoms with van der Waals surface area (Å²) in [5.41, 5.74) is 0.791. The lowest BCUT2D eigenvalue weighted by atomic mass is 10.2. The first-order valence-corrected chi connectivity index (χ1v) is 9.20. The van der Waals surface area contributed by atoms with Crippen molar-refractivity contribution in [2.45, 2.75) is 31.9 Å². The summed E-state index contributed by atoms with van der Waals surface area (Å²) < 4.78 is 23.7. The first kappa shape index (κ1) is 16.6. The summed E-state index contributed by atoms with van der Waals surface area (Å²) in [6.07, 6.45) is 6.14. The van der Waals surface area contributed by atoms with Gasteiger partial charge in [-0.2, -0.15) is 4.98 Å². The molecule has 0 amide bonds. The number of rotatable bonds is 5. The first-order valence-electron chi connectivity index (χ1n) is 8.82. The lowest BCUT2D eigenvalue weighted by Crippen LogP contribution is -2.04. The highest BCUT2D eigenvalue weighted by atomic mass is 35.5. The maximum Gasteiger partial charge on any atom is 0.255 e. The minimum atomic E-state index is -0.0671. The predicted molar refractivity (Wildman–Crippen MR) is 94.7 cm³/mol. The fourth-order valence-corrected chi connectivity index (χ4v) is 3.55. The molecule has 1 saturated heterocycles. The van der Waals surface area contributed by atoms with Gasteiger partial charge in [-0.05, 0) is 18.9 Å². The second-order valence-corrected chi connectivity index (χ2v) is 6.84. The van der Waals surface area contributed by atoms with Crippen molar-refractivity contribution in [2.75, 3.05) is 13.4 Å². The molecule has 140 valence electrons. The molecule has 5 rings (SSSR count). The second-order valence-electron chi connectivity index (χ2n) is 6.43. The third kappa shape index (κ3) is 3.15. The molecule has 0 aliphatic carbocycles. The van der Waals surface area contributed by atoms with E-state index in [0.717, 1.165) is 30.8 Å². The van der Waals surface area contributed by atoms with E-state index in [0.29, 0.717) is 41.2 Å². The number of hydrogen-bond donors (Lipinski definition) is 0. The third-order valence-corrected chi connectivity index (χ3v) is 5.00. The van der Waals surface area contributed by atoms with E-state index < -0.39 is 0 Å². The molecule has 0 radical (unpaired) electrons. The number of hydrogen-bond acceptors (Lipinski definition) is 7. The van der Waals surface area contributed by atoms with Gasteiger partial charge in [-0.15, -0.1) is 0 Å². The summed E-state index contributed by atoms with van der Waals surface area (Å²) in [6, 6.07) is 3.61. The Hall–Kier alpha value is -2.58. The highest BCUT2D eigenvalue weighted by Crippen LogP contribution is 2.40. The summed E-state index contributed by atoms with van der Waals surface area (Å²) >= 11 is 6.42. The zero-order valence-corrected chi connectivity index (χ0v) is 15.2. The van der Waals surface area contributed by atoms with Crippen molar-refractivity contribution in [2.24, 2.45) is 0 Å². The molecule has 0 bridgehead atoms. The number of aromatic nitrogens is 4. The van der Waals surface area contributed by atoms with Crippen LogP contribution >= 0.6 is 11.6 Å². The number of aryl methyl sites for hydroxylation is 2. The molecule has 3 aromatic rings. The van der Waals surface area contributed by atoms with Crippen LogP contribution in [-0.2, 0) is 17.7 Å². The first-order chi connectivity index (χ1) is 13.3. The van der Waals surface area contributed by atoms with Gasteiger partial charge in [-0.25, -0.2) is 4.98 Å². The molecule has 0 saturated carbocycles. The van der Waals surface area contributed by atoms with Crippen molar-refractivity contribution in [1.29, 1.82) is 0 Å². The van der Waals surface area contributed by atoms with Crippen molar-refractivity contribution >= 4 is 11.6 Å². The van der Waals surface area contributed by atoms with Crippen molar-refractivity contribution < 1.29 is 18.7 Å². The molecule has 1 fully saturated rings. The Bertz CT molecular complexity index is 964. The van der Waals surface area contributed by atoms with Gasteiger partial charge in [0.05, 0.1) is 5.02 Å². The van der Waals surface area contributed by atoms with Gasteiger partial charge in [-0.1, -0.05) is 16.8 Å². The van der Waals surface area contributed by atoms with E-state index in [9.17, 15) is 0 Å². The number of imidazole rings is 1. The average Bonchev–Trinajstić information content (AvgIpc) is 3.46. The van der Waals surface area contributed by atoms with Crippen LogP contribution in [0.4, 0.5) is 0 Å². The third-order valence-electron chi connectivity index (χ3n) is 4.68. The summed E-state index contributed by atoms with van der Waals surface area (Å²) in [6.45, 7) is 1.59. The molecule has 0 spiro atoms. The molecule has 2 aliphatic heterocycles. The van der Waals surface area contributed by atoms with Crippen LogP contribution in [0.3, 0.4) is 0 Å². The van der Waals surface area contributed by atoms with Crippen LogP contribution in [-0.4, -0.2) is 33.1 Å². The van der Waals surface area contributed by atoms with E-state index in [4.69, 9.17) is 30.3 Å². The van der Waals surface area contributed by atoms with Crippen LogP contribution in [0.2, 0.25) is 5.02 Å². The van der Waals surface area contributed by atoms with E-state index in [1.165, 1.54) is 0 Å². The van der Waals surface area contributed by atoms with Crippen LogP contribution in [0.1, 0.15) is 30.7 Å². The Labute approximate surface area is 160 Å². The smallest absolute Gasteiger partial charge is 0.255 e. The van der Waals surface area contributed by atoms with E-state index in [-0.39, 0.29) is 12.9 Å². The van der Waals surface area contributed by atoms with Crippen molar-refractivity contribution in [3.05, 3.63) is 41.3 Å². The molecule has 4 heterocycles. The Morgan fingerprint density at radius 2 is 2.11 bits per heavy atom. The number of halogens is 1. The van der Waals surface area contributed by atoms with E-state index in [1.54, 1.807) is 12.3 Å². The van der Waals surface area contributed by atoms with Gasteiger partial charge in [0.2, 0.25) is 6.79 Å². The van der Waals surface area contributed by atoms with Gasteiger partial charge in [0, 0.05) is 43.6 Å². The van der Waals surface area contributed by atoms with Gasteiger partial charge in [0.1, 0.15) is 11.9 Å². The molecular formula is C18H17ClN4O4. The number of fused-ring (bicyclic) bond motifs is 1. The van der Waals surface area contributed by atoms with Crippen LogP contribution in [0, 0.1) is 0 Å². The topological polar surface area (TPSA) is 84.4 Å². The maximum absolute atomic E-state index is 6.42. The SMILES string of the molecule is Clc1cc2c(cc1-c1nccn1CCc1noc(C3CCCO3)n1)OCO2. The standard InChI is InChI=1S/C18H17ClN4O4/c19-12-9-15-14(25-10-26-15)8-11(12)17-20-4-6-23(17)5-3-16-21-18(27-22-16)13-2-1-7-24-13/h4,6,8-9,13H,1-3,5,7,10H2. The summed E-state index contributed by atoms with van der Waals surface area (Å²) in [7, 11) is 0.